The van der Waals surface area contributed by atoms with E-state index in [4.69, 9.17) is 9.47 Å². The van der Waals surface area contributed by atoms with Crippen molar-refractivity contribution in [1.82, 2.24) is 19.1 Å². The number of halogens is 1. The summed E-state index contributed by atoms with van der Waals surface area (Å²) in [6.45, 7) is -0.651. The van der Waals surface area contributed by atoms with E-state index in [0.717, 1.165) is 22.4 Å². The number of nitrogens with one attached hydrogen (secondary N) is 1. The molecule has 1 amide bonds. The maximum atomic E-state index is 12.6. The molecule has 0 saturated carbocycles. The van der Waals surface area contributed by atoms with E-state index in [-0.39, 0.29) is 27.3 Å². The normalized spacial score (nSPS) is 11.3. The Balaban J connectivity index is 2.36. The fourth-order valence-electron chi connectivity index (χ4n) is 2.01. The summed E-state index contributed by atoms with van der Waals surface area (Å²) in [5.41, 5.74) is -0.873. The number of aromatic nitrogens is 3. The highest BCUT2D eigenvalue weighted by atomic mass is 32.2. The lowest BCUT2D eigenvalue weighted by Crippen LogP contribution is -2.40. The number of thioether (sulfide) groups is 1. The molecule has 13 heteroatoms. The molecule has 0 unspecified atom stereocenters. The predicted molar refractivity (Wildman–Crippen MR) is 94.8 cm³/mol. The molecule has 10 nitrogen and oxygen atoms in total. The van der Waals surface area contributed by atoms with Crippen LogP contribution in [0.1, 0.15) is 0 Å². The molecule has 27 heavy (non-hydrogen) atoms. The van der Waals surface area contributed by atoms with Gasteiger partial charge in [-0.15, -0.1) is 9.78 Å². The molecule has 1 aromatic carbocycles. The fourth-order valence-corrected chi connectivity index (χ4v) is 3.80. The van der Waals surface area contributed by atoms with Gasteiger partial charge >= 0.3 is 11.7 Å². The number of amides is 1. The third-order valence-electron chi connectivity index (χ3n) is 3.32. The van der Waals surface area contributed by atoms with Gasteiger partial charge in [0, 0.05) is 18.9 Å². The Kier molecular flexibility index (Phi) is 6.49. The first-order chi connectivity index (χ1) is 12.7. The monoisotopic (exact) mass is 420 g/mol. The lowest BCUT2D eigenvalue weighted by atomic mass is 10.3. The second-order valence-electron chi connectivity index (χ2n) is 5.00. The van der Waals surface area contributed by atoms with E-state index >= 15 is 0 Å². The molecule has 1 N–H and O–H groups in total. The summed E-state index contributed by atoms with van der Waals surface area (Å²) in [4.78, 5) is 24.0. The van der Waals surface area contributed by atoms with Gasteiger partial charge in [0.1, 0.15) is 16.4 Å². The van der Waals surface area contributed by atoms with Gasteiger partial charge in [0.25, 0.3) is 10.0 Å². The molecule has 0 aliphatic heterocycles. The van der Waals surface area contributed by atoms with E-state index in [1.807, 2.05) is 0 Å². The Morgan fingerprint density at radius 1 is 1.33 bits per heavy atom. The van der Waals surface area contributed by atoms with Crippen molar-refractivity contribution in [1.29, 1.82) is 0 Å². The molecule has 2 aromatic rings. The van der Waals surface area contributed by atoms with Crippen LogP contribution in [0.5, 0.6) is 11.5 Å². The summed E-state index contributed by atoms with van der Waals surface area (Å²) >= 11 is 0.915. The standard InChI is InChI=1S/C14H17FN4O6S2/c1-18-13(26-7-6-15)16-19(14(18)21)12(20)17-27(22,23)11-8-9(24-2)4-5-10(11)25-3/h4-5,8H,6-7H2,1-3H3,(H,17,20). The lowest BCUT2D eigenvalue weighted by Gasteiger charge is -2.11. The zero-order chi connectivity index (χ0) is 20.2. The van der Waals surface area contributed by atoms with Crippen molar-refractivity contribution < 1.29 is 27.1 Å². The largest absolute Gasteiger partial charge is 0.497 e. The summed E-state index contributed by atoms with van der Waals surface area (Å²) in [7, 11) is -0.456. The number of sulfonamides is 1. The molecule has 0 radical (unpaired) electrons. The van der Waals surface area contributed by atoms with Crippen LogP contribution in [0.3, 0.4) is 0 Å². The smallest absolute Gasteiger partial charge is 0.360 e. The molecule has 148 valence electrons. The third-order valence-corrected chi connectivity index (χ3v) is 5.64. The van der Waals surface area contributed by atoms with Crippen LogP contribution >= 0.6 is 11.8 Å². The number of carbonyl (C=O) groups excluding carboxylic acids is 1. The van der Waals surface area contributed by atoms with E-state index < -0.39 is 28.4 Å². The summed E-state index contributed by atoms with van der Waals surface area (Å²) in [5, 5.41) is 3.81. The van der Waals surface area contributed by atoms with Gasteiger partial charge in [0.15, 0.2) is 5.16 Å². The van der Waals surface area contributed by atoms with Gasteiger partial charge in [-0.3, -0.25) is 8.96 Å². The Labute approximate surface area is 158 Å². The highest BCUT2D eigenvalue weighted by molar-refractivity contribution is 7.99. The van der Waals surface area contributed by atoms with Crippen molar-refractivity contribution in [2.24, 2.45) is 7.05 Å². The van der Waals surface area contributed by atoms with E-state index in [2.05, 4.69) is 5.10 Å². The summed E-state index contributed by atoms with van der Waals surface area (Å²) in [6.07, 6.45) is 0. The number of ether oxygens (including phenoxy) is 2. The van der Waals surface area contributed by atoms with Crippen LogP contribution < -0.4 is 19.9 Å². The van der Waals surface area contributed by atoms with Gasteiger partial charge in [-0.1, -0.05) is 11.8 Å². The highest BCUT2D eigenvalue weighted by Crippen LogP contribution is 2.28. The van der Waals surface area contributed by atoms with Crippen molar-refractivity contribution in [3.63, 3.8) is 0 Å². The van der Waals surface area contributed by atoms with Gasteiger partial charge < -0.3 is 9.47 Å². The Hall–Kier alpha value is -2.54. The van der Waals surface area contributed by atoms with Crippen molar-refractivity contribution in [2.75, 3.05) is 26.6 Å². The van der Waals surface area contributed by atoms with E-state index in [1.165, 1.54) is 33.4 Å². The van der Waals surface area contributed by atoms with Crippen LogP contribution in [0.2, 0.25) is 0 Å². The first-order valence-corrected chi connectivity index (χ1v) is 9.86. The molecule has 0 aliphatic rings. The average molecular weight is 420 g/mol. The van der Waals surface area contributed by atoms with E-state index in [0.29, 0.717) is 4.68 Å². The second-order valence-corrected chi connectivity index (χ2v) is 7.71. The fraction of sp³-hybridized carbons (Fsp3) is 0.357. The van der Waals surface area contributed by atoms with E-state index in [1.54, 1.807) is 4.72 Å². The molecule has 1 heterocycles. The molecule has 0 fully saturated rings. The lowest BCUT2D eigenvalue weighted by molar-refractivity contribution is 0.243. The van der Waals surface area contributed by atoms with Crippen LogP contribution in [0, 0.1) is 0 Å². The molecular formula is C14H17FN4O6S2. The quantitative estimate of drug-likeness (QED) is 0.647. The number of benzene rings is 1. The van der Waals surface area contributed by atoms with Gasteiger partial charge in [-0.2, -0.15) is 0 Å². The highest BCUT2D eigenvalue weighted by Gasteiger charge is 2.26. The number of carbonyl (C=O) groups is 1. The number of rotatable bonds is 7. The summed E-state index contributed by atoms with van der Waals surface area (Å²) < 4.78 is 50.5. The molecule has 2 rings (SSSR count). The van der Waals surface area contributed by atoms with Crippen molar-refractivity contribution in [2.45, 2.75) is 10.1 Å². The van der Waals surface area contributed by atoms with Crippen molar-refractivity contribution >= 4 is 27.8 Å². The topological polar surface area (TPSA) is 122 Å². The Morgan fingerprint density at radius 2 is 2.04 bits per heavy atom. The minimum atomic E-state index is -4.40. The number of alkyl halides is 1. The van der Waals surface area contributed by atoms with Crippen LogP contribution in [-0.4, -0.2) is 55.4 Å². The average Bonchev–Trinajstić information content (AvgIpc) is 2.93. The maximum absolute atomic E-state index is 12.6. The molecule has 0 saturated heterocycles. The van der Waals surface area contributed by atoms with Gasteiger partial charge in [-0.05, 0) is 12.1 Å². The number of hydrogen-bond acceptors (Lipinski definition) is 8. The summed E-state index contributed by atoms with van der Waals surface area (Å²) in [6, 6.07) is 2.72. The van der Waals surface area contributed by atoms with Gasteiger partial charge in [-0.25, -0.2) is 22.7 Å². The number of nitrogens with zero attached hydrogens (tertiary/aromatic N) is 3. The first kappa shape index (κ1) is 20.8. The number of methoxy groups -OCH3 is 2. The predicted octanol–water partition coefficient (Wildman–Crippen LogP) is 0.607. The zero-order valence-corrected chi connectivity index (χ0v) is 16.3. The minimum absolute atomic E-state index is 0.0244. The van der Waals surface area contributed by atoms with Gasteiger partial charge in [0.05, 0.1) is 20.9 Å². The third kappa shape index (κ3) is 4.42. The molecule has 0 aliphatic carbocycles. The first-order valence-electron chi connectivity index (χ1n) is 7.39. The zero-order valence-electron chi connectivity index (χ0n) is 14.6. The van der Waals surface area contributed by atoms with Crippen LogP contribution in [0.4, 0.5) is 9.18 Å². The van der Waals surface area contributed by atoms with Crippen molar-refractivity contribution in [3.8, 4) is 11.5 Å². The maximum Gasteiger partial charge on any atom is 0.360 e. The SMILES string of the molecule is COc1ccc(OC)c(S(=O)(=O)NC(=O)n2nc(SCCF)n(C)c2=O)c1. The van der Waals surface area contributed by atoms with E-state index in [9.17, 15) is 22.4 Å². The second kappa shape index (κ2) is 8.43. The van der Waals surface area contributed by atoms with Crippen LogP contribution in [0.25, 0.3) is 0 Å². The summed E-state index contributed by atoms with van der Waals surface area (Å²) in [5.74, 6) is 0.234. The Bertz CT molecular complexity index is 1000. The van der Waals surface area contributed by atoms with Crippen molar-refractivity contribution in [3.05, 3.63) is 28.7 Å². The Morgan fingerprint density at radius 3 is 2.63 bits per heavy atom. The van der Waals surface area contributed by atoms with Crippen LogP contribution in [-0.2, 0) is 17.1 Å². The molecule has 0 atom stereocenters. The van der Waals surface area contributed by atoms with Gasteiger partial charge in [0.2, 0.25) is 0 Å². The number of hydrogen-bond donors (Lipinski definition) is 1. The molecular weight excluding hydrogens is 403 g/mol. The molecule has 0 spiro atoms. The molecule has 1 aromatic heterocycles. The molecule has 0 bridgehead atoms. The minimum Gasteiger partial charge on any atom is -0.497 e. The van der Waals surface area contributed by atoms with Crippen LogP contribution in [0.15, 0.2) is 33.0 Å².